The van der Waals surface area contributed by atoms with E-state index in [4.69, 9.17) is 9.94 Å². The third-order valence-corrected chi connectivity index (χ3v) is 2.18. The maximum Gasteiger partial charge on any atom is 0.311 e. The molecule has 0 saturated carbocycles. The van der Waals surface area contributed by atoms with Gasteiger partial charge in [0.25, 0.3) is 0 Å². The van der Waals surface area contributed by atoms with Crippen LogP contribution >= 0.6 is 0 Å². The lowest BCUT2D eigenvalue weighted by Gasteiger charge is -2.16. The van der Waals surface area contributed by atoms with Gasteiger partial charge in [0.05, 0.1) is 5.41 Å². The monoisotopic (exact) mass is 235 g/mol. The number of carbonyl (C=O) groups excluding carboxylic acids is 1. The highest BCUT2D eigenvalue weighted by molar-refractivity contribution is 6.01. The smallest absolute Gasteiger partial charge is 0.311 e. The molecule has 1 aromatic rings. The number of hydrogen-bond acceptors (Lipinski definition) is 4. The fourth-order valence-electron chi connectivity index (χ4n) is 1.15. The molecule has 0 fully saturated rings. The van der Waals surface area contributed by atoms with Crippen molar-refractivity contribution in [2.45, 2.75) is 20.8 Å². The zero-order chi connectivity index (χ0) is 12.9. The number of oxime groups is 1. The van der Waals surface area contributed by atoms with E-state index in [1.54, 1.807) is 32.9 Å². The van der Waals surface area contributed by atoms with Crippen LogP contribution in [-0.4, -0.2) is 23.5 Å². The number of hydrogen-bond donors (Lipinski definition) is 1. The van der Waals surface area contributed by atoms with Crippen LogP contribution in [0.2, 0.25) is 0 Å². The molecule has 4 nitrogen and oxygen atoms in total. The summed E-state index contributed by atoms with van der Waals surface area (Å²) in [4.78, 5) is 11.6. The quantitative estimate of drug-likeness (QED) is 0.379. The van der Waals surface area contributed by atoms with Gasteiger partial charge in [0.2, 0.25) is 0 Å². The predicted molar refractivity (Wildman–Crippen MR) is 65.2 cm³/mol. The van der Waals surface area contributed by atoms with Crippen molar-refractivity contribution in [3.63, 3.8) is 0 Å². The van der Waals surface area contributed by atoms with Crippen molar-refractivity contribution >= 4 is 11.7 Å². The molecule has 0 atom stereocenters. The first-order valence-corrected chi connectivity index (χ1v) is 5.38. The lowest BCUT2D eigenvalue weighted by Crippen LogP contribution is -2.25. The van der Waals surface area contributed by atoms with Crippen molar-refractivity contribution in [1.82, 2.24) is 0 Å². The van der Waals surface area contributed by atoms with Crippen LogP contribution in [0.15, 0.2) is 35.5 Å². The Morgan fingerprint density at radius 1 is 1.29 bits per heavy atom. The second kappa shape index (κ2) is 5.48. The average molecular weight is 235 g/mol. The van der Waals surface area contributed by atoms with Gasteiger partial charge in [-0.05, 0) is 20.8 Å². The molecule has 0 aliphatic rings. The molecule has 0 aliphatic heterocycles. The molecule has 0 radical (unpaired) electrons. The Kier molecular flexibility index (Phi) is 4.26. The van der Waals surface area contributed by atoms with Crippen molar-refractivity contribution in [2.75, 3.05) is 6.61 Å². The first-order chi connectivity index (χ1) is 7.95. The molecule has 0 saturated heterocycles. The standard InChI is InChI=1S/C13H17NO3/c1-13(2,3)12(15)17-9-11(14-16)10-7-5-4-6-8-10/h4-8,16H,9H2,1-3H3/b14-11+. The summed E-state index contributed by atoms with van der Waals surface area (Å²) < 4.78 is 5.08. The van der Waals surface area contributed by atoms with E-state index in [1.807, 2.05) is 18.2 Å². The Bertz CT molecular complexity index is 404. The summed E-state index contributed by atoms with van der Waals surface area (Å²) in [6.45, 7) is 5.28. The zero-order valence-electron chi connectivity index (χ0n) is 10.3. The molecule has 1 N–H and O–H groups in total. The summed E-state index contributed by atoms with van der Waals surface area (Å²) in [5.41, 5.74) is 0.511. The van der Waals surface area contributed by atoms with Crippen LogP contribution in [0.3, 0.4) is 0 Å². The first-order valence-electron chi connectivity index (χ1n) is 5.38. The molecule has 17 heavy (non-hydrogen) atoms. The normalized spacial score (nSPS) is 12.3. The predicted octanol–water partition coefficient (Wildman–Crippen LogP) is 2.45. The van der Waals surface area contributed by atoms with Gasteiger partial charge in [0.1, 0.15) is 12.3 Å². The third-order valence-electron chi connectivity index (χ3n) is 2.18. The summed E-state index contributed by atoms with van der Waals surface area (Å²) in [6, 6.07) is 9.10. The van der Waals surface area contributed by atoms with Gasteiger partial charge in [-0.1, -0.05) is 35.5 Å². The van der Waals surface area contributed by atoms with Crippen LogP contribution in [0.25, 0.3) is 0 Å². The molecular formula is C13H17NO3. The molecule has 1 rings (SSSR count). The van der Waals surface area contributed by atoms with Crippen LogP contribution in [0.5, 0.6) is 0 Å². The molecule has 0 bridgehead atoms. The number of nitrogens with zero attached hydrogens (tertiary/aromatic N) is 1. The molecule has 0 aromatic heterocycles. The molecule has 0 unspecified atom stereocenters. The molecule has 92 valence electrons. The number of carbonyl (C=O) groups is 1. The fourth-order valence-corrected chi connectivity index (χ4v) is 1.15. The van der Waals surface area contributed by atoms with Gasteiger partial charge in [-0.2, -0.15) is 0 Å². The van der Waals surface area contributed by atoms with Crippen LogP contribution < -0.4 is 0 Å². The van der Waals surface area contributed by atoms with Crippen LogP contribution in [0.1, 0.15) is 26.3 Å². The largest absolute Gasteiger partial charge is 0.459 e. The van der Waals surface area contributed by atoms with Crippen LogP contribution in [0.4, 0.5) is 0 Å². The van der Waals surface area contributed by atoms with E-state index in [2.05, 4.69) is 5.16 Å². The first kappa shape index (κ1) is 13.2. The van der Waals surface area contributed by atoms with Crippen molar-refractivity contribution < 1.29 is 14.7 Å². The fraction of sp³-hybridized carbons (Fsp3) is 0.385. The zero-order valence-corrected chi connectivity index (χ0v) is 10.3. The van der Waals surface area contributed by atoms with Crippen molar-refractivity contribution in [3.8, 4) is 0 Å². The summed E-state index contributed by atoms with van der Waals surface area (Å²) in [7, 11) is 0. The van der Waals surface area contributed by atoms with Gasteiger partial charge in [-0.25, -0.2) is 0 Å². The van der Waals surface area contributed by atoms with E-state index >= 15 is 0 Å². The Morgan fingerprint density at radius 2 is 1.88 bits per heavy atom. The second-order valence-electron chi connectivity index (χ2n) is 4.74. The van der Waals surface area contributed by atoms with Crippen molar-refractivity contribution in [3.05, 3.63) is 35.9 Å². The number of rotatable bonds is 3. The highest BCUT2D eigenvalue weighted by Gasteiger charge is 2.23. The minimum Gasteiger partial charge on any atom is -0.459 e. The lowest BCUT2D eigenvalue weighted by atomic mass is 9.97. The summed E-state index contributed by atoms with van der Waals surface area (Å²) in [5, 5.41) is 12.0. The summed E-state index contributed by atoms with van der Waals surface area (Å²) in [6.07, 6.45) is 0. The van der Waals surface area contributed by atoms with E-state index in [0.717, 1.165) is 5.56 Å². The maximum absolute atomic E-state index is 11.6. The summed E-state index contributed by atoms with van der Waals surface area (Å²) >= 11 is 0. The van der Waals surface area contributed by atoms with Gasteiger partial charge < -0.3 is 9.94 Å². The highest BCUT2D eigenvalue weighted by Crippen LogP contribution is 2.15. The molecule has 0 amide bonds. The Labute approximate surface area is 101 Å². The van der Waals surface area contributed by atoms with Crippen molar-refractivity contribution in [2.24, 2.45) is 10.6 Å². The van der Waals surface area contributed by atoms with Crippen molar-refractivity contribution in [1.29, 1.82) is 0 Å². The van der Waals surface area contributed by atoms with Gasteiger partial charge >= 0.3 is 5.97 Å². The SMILES string of the molecule is CC(C)(C)C(=O)OC/C(=N\O)c1ccccc1. The Morgan fingerprint density at radius 3 is 2.35 bits per heavy atom. The second-order valence-corrected chi connectivity index (χ2v) is 4.74. The highest BCUT2D eigenvalue weighted by atomic mass is 16.5. The van der Waals surface area contributed by atoms with Gasteiger partial charge in [-0.3, -0.25) is 4.79 Å². The Balaban J connectivity index is 2.65. The minimum atomic E-state index is -0.558. The number of esters is 1. The van der Waals surface area contributed by atoms with E-state index in [0.29, 0.717) is 5.71 Å². The van der Waals surface area contributed by atoms with E-state index < -0.39 is 5.41 Å². The van der Waals surface area contributed by atoms with Crippen LogP contribution in [-0.2, 0) is 9.53 Å². The topological polar surface area (TPSA) is 58.9 Å². The Hall–Kier alpha value is -1.84. The lowest BCUT2D eigenvalue weighted by molar-refractivity contribution is -0.151. The van der Waals surface area contributed by atoms with Gasteiger partial charge in [0, 0.05) is 5.56 Å². The van der Waals surface area contributed by atoms with E-state index in [-0.39, 0.29) is 12.6 Å². The molecular weight excluding hydrogens is 218 g/mol. The molecule has 4 heteroatoms. The number of ether oxygens (including phenoxy) is 1. The number of benzene rings is 1. The van der Waals surface area contributed by atoms with E-state index in [9.17, 15) is 4.79 Å². The third kappa shape index (κ3) is 3.90. The minimum absolute atomic E-state index is 0.0311. The average Bonchev–Trinajstić information content (AvgIpc) is 2.29. The maximum atomic E-state index is 11.6. The molecule has 0 aliphatic carbocycles. The summed E-state index contributed by atoms with van der Waals surface area (Å²) in [5.74, 6) is -0.324. The molecule has 0 heterocycles. The van der Waals surface area contributed by atoms with Crippen LogP contribution in [0, 0.1) is 5.41 Å². The molecule has 1 aromatic carbocycles. The van der Waals surface area contributed by atoms with Gasteiger partial charge in [0.15, 0.2) is 0 Å². The van der Waals surface area contributed by atoms with E-state index in [1.165, 1.54) is 0 Å². The molecule has 0 spiro atoms. The van der Waals surface area contributed by atoms with Gasteiger partial charge in [-0.15, -0.1) is 0 Å².